The molecule has 2 fully saturated rings. The smallest absolute Gasteiger partial charge is 0.317 e. The maximum atomic E-state index is 12.6. The van der Waals surface area contributed by atoms with Crippen molar-refractivity contribution in [3.05, 3.63) is 30.1 Å². The average Bonchev–Trinajstić information content (AvgIpc) is 2.63. The zero-order valence-electron chi connectivity index (χ0n) is 15.5. The molecule has 1 saturated heterocycles. The van der Waals surface area contributed by atoms with Crippen molar-refractivity contribution in [2.24, 2.45) is 0 Å². The van der Waals surface area contributed by atoms with E-state index in [9.17, 15) is 4.79 Å². The summed E-state index contributed by atoms with van der Waals surface area (Å²) in [5.74, 6) is 0. The molecule has 2 aliphatic rings. The van der Waals surface area contributed by atoms with Gasteiger partial charge in [0, 0.05) is 51.0 Å². The fraction of sp³-hybridized carbons (Fsp3) is 0.684. The number of rotatable bonds is 4. The summed E-state index contributed by atoms with van der Waals surface area (Å²) in [5.41, 5.74) is 1.09. The molecular weight excluding hydrogens is 314 g/mol. The van der Waals surface area contributed by atoms with Crippen LogP contribution in [-0.2, 0) is 6.54 Å². The molecule has 0 unspecified atom stereocenters. The highest BCUT2D eigenvalue weighted by atomic mass is 16.2. The molecule has 0 spiro atoms. The molecule has 1 saturated carbocycles. The molecule has 6 nitrogen and oxygen atoms in total. The summed E-state index contributed by atoms with van der Waals surface area (Å²) in [6, 6.07) is 7.05. The highest BCUT2D eigenvalue weighted by molar-refractivity contribution is 5.74. The van der Waals surface area contributed by atoms with Crippen molar-refractivity contribution in [1.82, 2.24) is 25.0 Å². The SMILES string of the molecule is CN(C)[C@@H]1CCC[C@@H](NC(=O)N2CCN(Cc3ccccn3)CC2)C1. The molecule has 3 rings (SSSR count). The van der Waals surface area contributed by atoms with Gasteiger partial charge in [-0.2, -0.15) is 0 Å². The first kappa shape index (κ1) is 18.1. The predicted octanol–water partition coefficient (Wildman–Crippen LogP) is 1.78. The lowest BCUT2D eigenvalue weighted by Gasteiger charge is -2.37. The third kappa shape index (κ3) is 5.16. The minimum absolute atomic E-state index is 0.113. The van der Waals surface area contributed by atoms with E-state index < -0.39 is 0 Å². The first-order chi connectivity index (χ1) is 12.1. The summed E-state index contributed by atoms with van der Waals surface area (Å²) in [4.78, 5) is 23.6. The number of hydrogen-bond donors (Lipinski definition) is 1. The molecule has 1 aromatic heterocycles. The second-order valence-corrected chi connectivity index (χ2v) is 7.51. The Morgan fingerprint density at radius 3 is 2.72 bits per heavy atom. The Kier molecular flexibility index (Phi) is 6.26. The van der Waals surface area contributed by atoms with Gasteiger partial charge in [-0.05, 0) is 51.9 Å². The number of piperazine rings is 1. The van der Waals surface area contributed by atoms with Crippen LogP contribution < -0.4 is 5.32 Å². The van der Waals surface area contributed by atoms with Gasteiger partial charge in [0.2, 0.25) is 0 Å². The molecule has 138 valence electrons. The monoisotopic (exact) mass is 345 g/mol. The first-order valence-corrected chi connectivity index (χ1v) is 9.46. The molecule has 25 heavy (non-hydrogen) atoms. The summed E-state index contributed by atoms with van der Waals surface area (Å²) in [7, 11) is 4.27. The topological polar surface area (TPSA) is 51.7 Å². The highest BCUT2D eigenvalue weighted by Gasteiger charge is 2.27. The van der Waals surface area contributed by atoms with Crippen molar-refractivity contribution < 1.29 is 4.79 Å². The van der Waals surface area contributed by atoms with E-state index in [2.05, 4.69) is 40.3 Å². The molecule has 6 heteroatoms. The number of aromatic nitrogens is 1. The number of nitrogens with one attached hydrogen (secondary N) is 1. The van der Waals surface area contributed by atoms with Crippen molar-refractivity contribution >= 4 is 6.03 Å². The van der Waals surface area contributed by atoms with Crippen LogP contribution >= 0.6 is 0 Å². The Bertz CT molecular complexity index is 542. The van der Waals surface area contributed by atoms with E-state index in [1.54, 1.807) is 0 Å². The summed E-state index contributed by atoms with van der Waals surface area (Å²) in [5, 5.41) is 3.27. The van der Waals surface area contributed by atoms with Gasteiger partial charge < -0.3 is 15.1 Å². The minimum atomic E-state index is 0.113. The fourth-order valence-corrected chi connectivity index (χ4v) is 3.86. The Labute approximate surface area is 151 Å². The Balaban J connectivity index is 1.42. The van der Waals surface area contributed by atoms with Crippen LogP contribution in [0.15, 0.2) is 24.4 Å². The maximum Gasteiger partial charge on any atom is 0.317 e. The molecule has 2 heterocycles. The van der Waals surface area contributed by atoms with Crippen LogP contribution in [-0.4, -0.2) is 78.1 Å². The predicted molar refractivity (Wildman–Crippen MR) is 99.3 cm³/mol. The quantitative estimate of drug-likeness (QED) is 0.904. The lowest BCUT2D eigenvalue weighted by Crippen LogP contribution is -2.54. The van der Waals surface area contributed by atoms with E-state index in [4.69, 9.17) is 0 Å². The van der Waals surface area contributed by atoms with Crippen LogP contribution in [0.4, 0.5) is 4.79 Å². The molecular formula is C19H31N5O. The third-order valence-electron chi connectivity index (χ3n) is 5.48. The molecule has 0 aromatic carbocycles. The van der Waals surface area contributed by atoms with E-state index >= 15 is 0 Å². The standard InChI is InChI=1S/C19H31N5O/c1-22(2)18-8-5-7-16(14-18)21-19(25)24-12-10-23(11-13-24)15-17-6-3-4-9-20-17/h3-4,6,9,16,18H,5,7-8,10-15H2,1-2H3,(H,21,25)/t16-,18-/m1/s1. The summed E-state index contributed by atoms with van der Waals surface area (Å²) < 4.78 is 0. The normalized spacial score (nSPS) is 25.2. The van der Waals surface area contributed by atoms with Crippen LogP contribution in [0.25, 0.3) is 0 Å². The molecule has 1 aromatic rings. The van der Waals surface area contributed by atoms with Crippen LogP contribution in [0.3, 0.4) is 0 Å². The third-order valence-corrected chi connectivity index (χ3v) is 5.48. The highest BCUT2D eigenvalue weighted by Crippen LogP contribution is 2.21. The van der Waals surface area contributed by atoms with Gasteiger partial charge in [0.15, 0.2) is 0 Å². The summed E-state index contributed by atoms with van der Waals surface area (Å²) in [6.07, 6.45) is 6.45. The number of carbonyl (C=O) groups excluding carboxylic acids is 1. The van der Waals surface area contributed by atoms with Crippen LogP contribution in [0, 0.1) is 0 Å². The number of nitrogens with zero attached hydrogens (tertiary/aromatic N) is 4. The Morgan fingerprint density at radius 1 is 1.24 bits per heavy atom. The molecule has 0 radical (unpaired) electrons. The van der Waals surface area contributed by atoms with Gasteiger partial charge in [0.25, 0.3) is 0 Å². The van der Waals surface area contributed by atoms with Crippen molar-refractivity contribution in [2.45, 2.75) is 44.3 Å². The van der Waals surface area contributed by atoms with Gasteiger partial charge in [-0.1, -0.05) is 6.07 Å². The molecule has 1 aliphatic carbocycles. The number of hydrogen-bond acceptors (Lipinski definition) is 4. The number of urea groups is 1. The van der Waals surface area contributed by atoms with E-state index in [1.807, 2.05) is 23.2 Å². The minimum Gasteiger partial charge on any atom is -0.335 e. The Morgan fingerprint density at radius 2 is 2.04 bits per heavy atom. The van der Waals surface area contributed by atoms with Crippen LogP contribution in [0.1, 0.15) is 31.4 Å². The fourth-order valence-electron chi connectivity index (χ4n) is 3.86. The molecule has 1 aliphatic heterocycles. The average molecular weight is 345 g/mol. The summed E-state index contributed by atoms with van der Waals surface area (Å²) in [6.45, 7) is 4.28. The van der Waals surface area contributed by atoms with Gasteiger partial charge in [0.05, 0.1) is 5.69 Å². The van der Waals surface area contributed by atoms with Gasteiger partial charge >= 0.3 is 6.03 Å². The number of pyridine rings is 1. The van der Waals surface area contributed by atoms with Crippen LogP contribution in [0.2, 0.25) is 0 Å². The van der Waals surface area contributed by atoms with Crippen molar-refractivity contribution in [1.29, 1.82) is 0 Å². The van der Waals surface area contributed by atoms with Crippen molar-refractivity contribution in [2.75, 3.05) is 40.3 Å². The zero-order valence-corrected chi connectivity index (χ0v) is 15.5. The van der Waals surface area contributed by atoms with E-state index in [0.29, 0.717) is 12.1 Å². The summed E-state index contributed by atoms with van der Waals surface area (Å²) >= 11 is 0. The van der Waals surface area contributed by atoms with E-state index in [-0.39, 0.29) is 6.03 Å². The maximum absolute atomic E-state index is 12.6. The number of amides is 2. The second kappa shape index (κ2) is 8.63. The first-order valence-electron chi connectivity index (χ1n) is 9.46. The molecule has 0 bridgehead atoms. The second-order valence-electron chi connectivity index (χ2n) is 7.51. The largest absolute Gasteiger partial charge is 0.335 e. The van der Waals surface area contributed by atoms with Crippen molar-refractivity contribution in [3.8, 4) is 0 Å². The van der Waals surface area contributed by atoms with E-state index in [0.717, 1.165) is 51.3 Å². The van der Waals surface area contributed by atoms with Crippen molar-refractivity contribution in [3.63, 3.8) is 0 Å². The van der Waals surface area contributed by atoms with Gasteiger partial charge in [0.1, 0.15) is 0 Å². The Hall–Kier alpha value is -1.66. The molecule has 2 atom stereocenters. The van der Waals surface area contributed by atoms with Gasteiger partial charge in [-0.25, -0.2) is 4.79 Å². The molecule has 1 N–H and O–H groups in total. The van der Waals surface area contributed by atoms with E-state index in [1.165, 1.54) is 12.8 Å². The van der Waals surface area contributed by atoms with Gasteiger partial charge in [-0.3, -0.25) is 9.88 Å². The number of carbonyl (C=O) groups is 1. The van der Waals surface area contributed by atoms with Crippen LogP contribution in [0.5, 0.6) is 0 Å². The lowest BCUT2D eigenvalue weighted by atomic mass is 9.90. The zero-order chi connectivity index (χ0) is 17.6. The lowest BCUT2D eigenvalue weighted by molar-refractivity contribution is 0.127. The molecule has 2 amide bonds. The van der Waals surface area contributed by atoms with Gasteiger partial charge in [-0.15, -0.1) is 0 Å².